The highest BCUT2D eigenvalue weighted by atomic mass is 35.5. The zero-order valence-electron chi connectivity index (χ0n) is 8.29. The van der Waals surface area contributed by atoms with Crippen molar-refractivity contribution >= 4 is 23.4 Å². The van der Waals surface area contributed by atoms with Gasteiger partial charge in [0.2, 0.25) is 0 Å². The number of carboxylic acids is 1. The number of hydrogen-bond donors (Lipinski definition) is 1. The average Bonchev–Trinajstić information content (AvgIpc) is 2.19. The van der Waals surface area contributed by atoms with E-state index in [9.17, 15) is 9.59 Å². The maximum absolute atomic E-state index is 11.4. The number of aliphatic carboxylic acids is 1. The number of carbonyl (C=O) groups is 2. The Morgan fingerprint density at radius 3 is 2.60 bits per heavy atom. The standard InChI is InChI=1S/C11H11ClO3/c1-2-10(13)7-3-4-9(12)8(5-7)6-11(14)15/h3-5H,2,6H2,1H3,(H,14,15). The first-order chi connectivity index (χ1) is 7.04. The summed E-state index contributed by atoms with van der Waals surface area (Å²) in [5, 5.41) is 9.01. The third kappa shape index (κ3) is 3.06. The van der Waals surface area contributed by atoms with E-state index in [-0.39, 0.29) is 12.2 Å². The molecule has 1 aromatic carbocycles. The molecule has 1 aromatic rings. The summed E-state index contributed by atoms with van der Waals surface area (Å²) in [5.74, 6) is -0.976. The minimum Gasteiger partial charge on any atom is -0.481 e. The molecule has 0 aromatic heterocycles. The first kappa shape index (κ1) is 11.7. The van der Waals surface area contributed by atoms with E-state index in [1.54, 1.807) is 25.1 Å². The SMILES string of the molecule is CCC(=O)c1ccc(Cl)c(CC(=O)O)c1. The summed E-state index contributed by atoms with van der Waals surface area (Å²) in [6, 6.07) is 4.71. The van der Waals surface area contributed by atoms with Gasteiger partial charge in [-0.05, 0) is 23.8 Å². The Bertz CT molecular complexity index is 399. The Kier molecular flexibility index (Phi) is 3.86. The van der Waals surface area contributed by atoms with E-state index < -0.39 is 5.97 Å². The highest BCUT2D eigenvalue weighted by Gasteiger charge is 2.09. The van der Waals surface area contributed by atoms with E-state index in [2.05, 4.69) is 0 Å². The van der Waals surface area contributed by atoms with Crippen LogP contribution in [-0.2, 0) is 11.2 Å². The Balaban J connectivity index is 3.05. The largest absolute Gasteiger partial charge is 0.481 e. The number of ketones is 1. The normalized spacial score (nSPS) is 10.0. The summed E-state index contributed by atoms with van der Waals surface area (Å²) in [6.07, 6.45) is 0.234. The second-order valence-corrected chi connectivity index (χ2v) is 3.56. The van der Waals surface area contributed by atoms with Crippen LogP contribution < -0.4 is 0 Å². The molecule has 1 rings (SSSR count). The van der Waals surface area contributed by atoms with Crippen LogP contribution in [0, 0.1) is 0 Å². The van der Waals surface area contributed by atoms with Gasteiger partial charge in [0.25, 0.3) is 0 Å². The first-order valence-electron chi connectivity index (χ1n) is 4.58. The number of halogens is 1. The van der Waals surface area contributed by atoms with E-state index in [0.717, 1.165) is 0 Å². The van der Waals surface area contributed by atoms with Gasteiger partial charge < -0.3 is 5.11 Å². The van der Waals surface area contributed by atoms with Crippen LogP contribution in [0.15, 0.2) is 18.2 Å². The van der Waals surface area contributed by atoms with Crippen molar-refractivity contribution in [3.05, 3.63) is 34.3 Å². The molecule has 0 heterocycles. The third-order valence-corrected chi connectivity index (χ3v) is 2.40. The third-order valence-electron chi connectivity index (χ3n) is 2.03. The smallest absolute Gasteiger partial charge is 0.307 e. The van der Waals surface area contributed by atoms with Crippen LogP contribution in [0.1, 0.15) is 29.3 Å². The second-order valence-electron chi connectivity index (χ2n) is 3.15. The minimum atomic E-state index is -0.960. The molecular weight excluding hydrogens is 216 g/mol. The maximum Gasteiger partial charge on any atom is 0.307 e. The van der Waals surface area contributed by atoms with Crippen molar-refractivity contribution in [1.29, 1.82) is 0 Å². The van der Waals surface area contributed by atoms with Crippen LogP contribution in [0.2, 0.25) is 5.02 Å². The Morgan fingerprint density at radius 1 is 1.40 bits per heavy atom. The lowest BCUT2D eigenvalue weighted by atomic mass is 10.0. The molecule has 0 spiro atoms. The summed E-state index contributed by atoms with van der Waals surface area (Å²) in [6.45, 7) is 1.76. The summed E-state index contributed by atoms with van der Waals surface area (Å²) in [5.41, 5.74) is 0.988. The highest BCUT2D eigenvalue weighted by Crippen LogP contribution is 2.19. The van der Waals surface area contributed by atoms with Gasteiger partial charge in [-0.15, -0.1) is 0 Å². The van der Waals surface area contributed by atoms with Gasteiger partial charge >= 0.3 is 5.97 Å². The number of rotatable bonds is 4. The molecule has 1 N–H and O–H groups in total. The number of carboxylic acid groups (broad SMARTS) is 1. The van der Waals surface area contributed by atoms with Crippen molar-refractivity contribution < 1.29 is 14.7 Å². The van der Waals surface area contributed by atoms with Gasteiger partial charge in [0.1, 0.15) is 0 Å². The molecule has 15 heavy (non-hydrogen) atoms. The lowest BCUT2D eigenvalue weighted by Gasteiger charge is -2.04. The van der Waals surface area contributed by atoms with Crippen molar-refractivity contribution in [2.24, 2.45) is 0 Å². The fourth-order valence-corrected chi connectivity index (χ4v) is 1.44. The van der Waals surface area contributed by atoms with Crippen molar-refractivity contribution in [2.45, 2.75) is 19.8 Å². The average molecular weight is 227 g/mol. The Hall–Kier alpha value is -1.35. The molecule has 0 saturated carbocycles. The lowest BCUT2D eigenvalue weighted by molar-refractivity contribution is -0.136. The van der Waals surface area contributed by atoms with Crippen molar-refractivity contribution in [3.8, 4) is 0 Å². The molecule has 0 saturated heterocycles. The molecule has 0 aliphatic carbocycles. The predicted molar refractivity (Wildman–Crippen MR) is 57.4 cm³/mol. The lowest BCUT2D eigenvalue weighted by Crippen LogP contribution is -2.03. The molecule has 3 nitrogen and oxygen atoms in total. The maximum atomic E-state index is 11.4. The van der Waals surface area contributed by atoms with E-state index in [1.165, 1.54) is 0 Å². The Morgan fingerprint density at radius 2 is 2.07 bits per heavy atom. The fourth-order valence-electron chi connectivity index (χ4n) is 1.25. The number of benzene rings is 1. The van der Waals surface area contributed by atoms with E-state index in [1.807, 2.05) is 0 Å². The number of carbonyl (C=O) groups excluding carboxylic acids is 1. The molecule has 0 atom stereocenters. The van der Waals surface area contributed by atoms with Gasteiger partial charge in [0, 0.05) is 17.0 Å². The highest BCUT2D eigenvalue weighted by molar-refractivity contribution is 6.31. The van der Waals surface area contributed by atoms with Crippen LogP contribution in [0.4, 0.5) is 0 Å². The van der Waals surface area contributed by atoms with Gasteiger partial charge in [-0.2, -0.15) is 0 Å². The van der Waals surface area contributed by atoms with Crippen LogP contribution in [-0.4, -0.2) is 16.9 Å². The van der Waals surface area contributed by atoms with Gasteiger partial charge in [-0.1, -0.05) is 18.5 Å². The number of hydrogen-bond acceptors (Lipinski definition) is 2. The van der Waals surface area contributed by atoms with Crippen molar-refractivity contribution in [3.63, 3.8) is 0 Å². The zero-order valence-corrected chi connectivity index (χ0v) is 9.04. The van der Waals surface area contributed by atoms with Crippen LogP contribution in [0.3, 0.4) is 0 Å². The summed E-state index contributed by atoms with van der Waals surface area (Å²) in [4.78, 5) is 21.9. The second kappa shape index (κ2) is 4.94. The van der Waals surface area contributed by atoms with Crippen LogP contribution in [0.5, 0.6) is 0 Å². The fraction of sp³-hybridized carbons (Fsp3) is 0.273. The van der Waals surface area contributed by atoms with Gasteiger partial charge in [0.05, 0.1) is 6.42 Å². The Labute approximate surface area is 92.7 Å². The van der Waals surface area contributed by atoms with Crippen molar-refractivity contribution in [1.82, 2.24) is 0 Å². The quantitative estimate of drug-likeness (QED) is 0.803. The molecule has 0 bridgehead atoms. The van der Waals surface area contributed by atoms with Crippen LogP contribution >= 0.6 is 11.6 Å². The molecule has 4 heteroatoms. The van der Waals surface area contributed by atoms with Crippen LogP contribution in [0.25, 0.3) is 0 Å². The monoisotopic (exact) mass is 226 g/mol. The topological polar surface area (TPSA) is 54.4 Å². The molecule has 0 unspecified atom stereocenters. The summed E-state index contributed by atoms with van der Waals surface area (Å²) in [7, 11) is 0. The first-order valence-corrected chi connectivity index (χ1v) is 4.95. The minimum absolute atomic E-state index is 0.0155. The van der Waals surface area contributed by atoms with Crippen molar-refractivity contribution in [2.75, 3.05) is 0 Å². The molecular formula is C11H11ClO3. The molecule has 0 radical (unpaired) electrons. The van der Waals surface area contributed by atoms with Gasteiger partial charge in [-0.25, -0.2) is 0 Å². The number of Topliss-reactive ketones (excluding diaryl/α,β-unsaturated/α-hetero) is 1. The molecule has 0 amide bonds. The van der Waals surface area contributed by atoms with E-state index >= 15 is 0 Å². The van der Waals surface area contributed by atoms with Gasteiger partial charge in [0.15, 0.2) is 5.78 Å². The van der Waals surface area contributed by atoms with E-state index in [0.29, 0.717) is 22.6 Å². The zero-order chi connectivity index (χ0) is 11.4. The predicted octanol–water partition coefficient (Wildman–Crippen LogP) is 2.56. The molecule has 0 aliphatic heterocycles. The molecule has 0 fully saturated rings. The molecule has 80 valence electrons. The summed E-state index contributed by atoms with van der Waals surface area (Å²) < 4.78 is 0. The van der Waals surface area contributed by atoms with Gasteiger partial charge in [-0.3, -0.25) is 9.59 Å². The summed E-state index contributed by atoms with van der Waals surface area (Å²) >= 11 is 5.81. The van der Waals surface area contributed by atoms with E-state index in [4.69, 9.17) is 16.7 Å². The molecule has 0 aliphatic rings.